The molecule has 6 nitrogen and oxygen atoms in total. The average Bonchev–Trinajstić information content (AvgIpc) is 2.88. The normalized spacial score (nSPS) is 17.8. The maximum Gasteiger partial charge on any atom is 0.308 e. The highest BCUT2D eigenvalue weighted by atomic mass is 79.9. The van der Waals surface area contributed by atoms with Gasteiger partial charge in [0.25, 0.3) is 5.79 Å². The third-order valence-electron chi connectivity index (χ3n) is 6.44. The first kappa shape index (κ1) is 22.6. The summed E-state index contributed by atoms with van der Waals surface area (Å²) in [5, 5.41) is 1.39. The first-order valence-electron chi connectivity index (χ1n) is 11.6. The number of halogens is 1. The first-order valence-corrected chi connectivity index (χ1v) is 12.4. The van der Waals surface area contributed by atoms with Gasteiger partial charge in [-0.2, -0.15) is 0 Å². The number of benzene rings is 4. The van der Waals surface area contributed by atoms with Crippen molar-refractivity contribution in [2.45, 2.75) is 32.2 Å². The second kappa shape index (κ2) is 8.68. The number of ether oxygens (including phenoxy) is 4. The molecule has 1 spiro atoms. The lowest BCUT2D eigenvalue weighted by Gasteiger charge is -2.42. The van der Waals surface area contributed by atoms with Crippen molar-refractivity contribution in [3.05, 3.63) is 94.0 Å². The average molecular weight is 545 g/mol. The SMILES string of the molecule is CC(=O)Oc1ccc2c3c(c(Br)ccc13)O[C@]1(CCC(=O)c3c(OCc4ccccc4)cccc31)O2. The van der Waals surface area contributed by atoms with Crippen LogP contribution in [0.15, 0.2) is 77.3 Å². The fraction of sp³-hybridized carbons (Fsp3) is 0.172. The van der Waals surface area contributed by atoms with Gasteiger partial charge in [0.1, 0.15) is 23.9 Å². The van der Waals surface area contributed by atoms with E-state index >= 15 is 0 Å². The zero-order valence-corrected chi connectivity index (χ0v) is 21.0. The number of ketones is 1. The second-order valence-corrected chi connectivity index (χ2v) is 9.64. The van der Waals surface area contributed by atoms with Gasteiger partial charge in [-0.15, -0.1) is 0 Å². The molecule has 4 aromatic rings. The first-order chi connectivity index (χ1) is 17.4. The summed E-state index contributed by atoms with van der Waals surface area (Å²) in [7, 11) is 0. The molecule has 180 valence electrons. The van der Waals surface area contributed by atoms with Crippen LogP contribution in [0.2, 0.25) is 0 Å². The number of fused-ring (bicyclic) bond motifs is 2. The minimum atomic E-state index is -1.21. The molecule has 2 aliphatic rings. The summed E-state index contributed by atoms with van der Waals surface area (Å²) < 4.78 is 25.4. The van der Waals surface area contributed by atoms with Gasteiger partial charge in [-0.25, -0.2) is 0 Å². The molecule has 0 bridgehead atoms. The van der Waals surface area contributed by atoms with Crippen molar-refractivity contribution in [1.82, 2.24) is 0 Å². The topological polar surface area (TPSA) is 71.1 Å². The molecule has 0 amide bonds. The van der Waals surface area contributed by atoms with Gasteiger partial charge >= 0.3 is 5.97 Å². The fourth-order valence-corrected chi connectivity index (χ4v) is 5.28. The van der Waals surface area contributed by atoms with Gasteiger partial charge in [-0.1, -0.05) is 42.5 Å². The van der Waals surface area contributed by atoms with Crippen molar-refractivity contribution >= 4 is 38.5 Å². The quantitative estimate of drug-likeness (QED) is 0.210. The Morgan fingerprint density at radius 2 is 1.81 bits per heavy atom. The lowest BCUT2D eigenvalue weighted by atomic mass is 9.84. The zero-order chi connectivity index (χ0) is 24.9. The number of hydrogen-bond donors (Lipinski definition) is 0. The lowest BCUT2D eigenvalue weighted by molar-refractivity contribution is -0.135. The predicted octanol–water partition coefficient (Wildman–Crippen LogP) is 6.71. The van der Waals surface area contributed by atoms with Crippen LogP contribution in [0.25, 0.3) is 10.8 Å². The number of Topliss-reactive ketones (excluding diaryl/α,β-unsaturated/α-hetero) is 1. The van der Waals surface area contributed by atoms with Crippen LogP contribution in [0.3, 0.4) is 0 Å². The van der Waals surface area contributed by atoms with E-state index in [2.05, 4.69) is 15.9 Å². The summed E-state index contributed by atoms with van der Waals surface area (Å²) in [5.74, 6) is 0.446. The zero-order valence-electron chi connectivity index (χ0n) is 19.4. The maximum atomic E-state index is 13.1. The van der Waals surface area contributed by atoms with E-state index in [1.165, 1.54) is 6.92 Å². The van der Waals surface area contributed by atoms with Crippen LogP contribution in [-0.2, 0) is 17.2 Å². The van der Waals surface area contributed by atoms with Crippen LogP contribution in [0.1, 0.15) is 41.3 Å². The molecule has 0 radical (unpaired) electrons. The Morgan fingerprint density at radius 1 is 0.972 bits per heavy atom. The Bertz CT molecular complexity index is 1530. The molecule has 1 aliphatic carbocycles. The summed E-state index contributed by atoms with van der Waals surface area (Å²) in [4.78, 5) is 24.8. The molecule has 1 atom stereocenters. The molecule has 7 heteroatoms. The maximum absolute atomic E-state index is 13.1. The number of carbonyl (C=O) groups excluding carboxylic acids is 2. The molecule has 36 heavy (non-hydrogen) atoms. The van der Waals surface area contributed by atoms with E-state index in [-0.39, 0.29) is 12.2 Å². The summed E-state index contributed by atoms with van der Waals surface area (Å²) in [5.41, 5.74) is 2.11. The van der Waals surface area contributed by atoms with Gasteiger partial charge in [0.15, 0.2) is 11.5 Å². The van der Waals surface area contributed by atoms with Crippen LogP contribution in [0, 0.1) is 0 Å². The van der Waals surface area contributed by atoms with Crippen LogP contribution >= 0.6 is 15.9 Å². The van der Waals surface area contributed by atoms with Gasteiger partial charge in [0, 0.05) is 25.2 Å². The number of rotatable bonds is 4. The third-order valence-corrected chi connectivity index (χ3v) is 7.06. The molecule has 0 unspecified atom stereocenters. The molecule has 1 aliphatic heterocycles. The molecular formula is C29H21BrO6. The molecule has 6 rings (SSSR count). The van der Waals surface area contributed by atoms with Crippen LogP contribution in [0.5, 0.6) is 23.0 Å². The Hall–Kier alpha value is -3.84. The summed E-state index contributed by atoms with van der Waals surface area (Å²) >= 11 is 3.61. The smallest absolute Gasteiger partial charge is 0.308 e. The van der Waals surface area contributed by atoms with E-state index in [0.29, 0.717) is 57.9 Å². The highest BCUT2D eigenvalue weighted by Gasteiger charge is 2.48. The third kappa shape index (κ3) is 3.71. The summed E-state index contributed by atoms with van der Waals surface area (Å²) in [6.07, 6.45) is 0.585. The van der Waals surface area contributed by atoms with Crippen molar-refractivity contribution in [3.63, 3.8) is 0 Å². The Balaban J connectivity index is 1.44. The van der Waals surface area contributed by atoms with Crippen molar-refractivity contribution in [1.29, 1.82) is 0 Å². The number of carbonyl (C=O) groups is 2. The second-order valence-electron chi connectivity index (χ2n) is 8.79. The predicted molar refractivity (Wildman–Crippen MR) is 137 cm³/mol. The Kier molecular flexibility index (Phi) is 5.45. The Labute approximate surface area is 215 Å². The van der Waals surface area contributed by atoms with Gasteiger partial charge in [-0.05, 0) is 51.8 Å². The number of hydrogen-bond acceptors (Lipinski definition) is 6. The molecule has 4 aromatic carbocycles. The molecule has 0 N–H and O–H groups in total. The van der Waals surface area contributed by atoms with E-state index in [4.69, 9.17) is 18.9 Å². The van der Waals surface area contributed by atoms with E-state index in [9.17, 15) is 9.59 Å². The van der Waals surface area contributed by atoms with Crippen molar-refractivity contribution in [3.8, 4) is 23.0 Å². The van der Waals surface area contributed by atoms with Crippen LogP contribution in [0.4, 0.5) is 0 Å². The largest absolute Gasteiger partial charge is 0.488 e. The monoisotopic (exact) mass is 544 g/mol. The van der Waals surface area contributed by atoms with Gasteiger partial charge in [0.2, 0.25) is 0 Å². The van der Waals surface area contributed by atoms with E-state index in [0.717, 1.165) is 10.0 Å². The van der Waals surface area contributed by atoms with Crippen molar-refractivity contribution in [2.24, 2.45) is 0 Å². The van der Waals surface area contributed by atoms with Crippen LogP contribution < -0.4 is 18.9 Å². The minimum Gasteiger partial charge on any atom is -0.488 e. The molecule has 1 heterocycles. The van der Waals surface area contributed by atoms with E-state index in [1.807, 2.05) is 54.6 Å². The van der Waals surface area contributed by atoms with Crippen molar-refractivity contribution in [2.75, 3.05) is 0 Å². The van der Waals surface area contributed by atoms with E-state index < -0.39 is 11.8 Å². The lowest BCUT2D eigenvalue weighted by Crippen LogP contribution is -2.45. The van der Waals surface area contributed by atoms with Crippen molar-refractivity contribution < 1.29 is 28.5 Å². The van der Waals surface area contributed by atoms with Crippen LogP contribution in [-0.4, -0.2) is 11.8 Å². The van der Waals surface area contributed by atoms with Gasteiger partial charge < -0.3 is 18.9 Å². The molecule has 0 aromatic heterocycles. The molecule has 0 fully saturated rings. The summed E-state index contributed by atoms with van der Waals surface area (Å²) in [6, 6.07) is 22.5. The van der Waals surface area contributed by atoms with E-state index in [1.54, 1.807) is 18.2 Å². The highest BCUT2D eigenvalue weighted by molar-refractivity contribution is 9.10. The fourth-order valence-electron chi connectivity index (χ4n) is 4.87. The Morgan fingerprint density at radius 3 is 2.61 bits per heavy atom. The van der Waals surface area contributed by atoms with Gasteiger partial charge in [-0.3, -0.25) is 9.59 Å². The number of esters is 1. The minimum absolute atomic E-state index is 0.0141. The standard InChI is InChI=1S/C29H21BrO6/c1-17(31)34-23-12-13-25-26-19(23)10-11-21(30)28(26)36-29(35-25)15-14-22(32)27-20(29)8-5-9-24(27)33-16-18-6-3-2-4-7-18/h2-13H,14-16H2,1H3/t29-/m0/s1. The molecular weight excluding hydrogens is 524 g/mol. The molecule has 0 saturated heterocycles. The molecule has 0 saturated carbocycles. The summed E-state index contributed by atoms with van der Waals surface area (Å²) in [6.45, 7) is 1.70. The highest BCUT2D eigenvalue weighted by Crippen LogP contribution is 2.53. The van der Waals surface area contributed by atoms with Gasteiger partial charge in [0.05, 0.1) is 21.0 Å².